The van der Waals surface area contributed by atoms with Crippen LogP contribution in [0.1, 0.15) is 18.9 Å². The molecule has 92 valence electrons. The highest BCUT2D eigenvalue weighted by Crippen LogP contribution is 2.37. The van der Waals surface area contributed by atoms with E-state index in [-0.39, 0.29) is 6.02 Å². The van der Waals surface area contributed by atoms with Gasteiger partial charge in [0, 0.05) is 12.0 Å². The van der Waals surface area contributed by atoms with E-state index < -0.39 is 5.54 Å². The van der Waals surface area contributed by atoms with Crippen LogP contribution in [-0.4, -0.2) is 24.7 Å². The van der Waals surface area contributed by atoms with Crippen molar-refractivity contribution in [3.05, 3.63) is 17.8 Å². The average molecular weight is 236 g/mol. The number of aromatic nitrogens is 1. The number of ether oxygens (including phenoxy) is 2. The second-order valence-electron chi connectivity index (χ2n) is 4.15. The molecule has 2 heterocycles. The number of nitrogens with two attached hydrogens (primary N) is 2. The van der Waals surface area contributed by atoms with Gasteiger partial charge in [-0.15, -0.1) is 0 Å². The molecule has 1 aromatic heterocycles. The van der Waals surface area contributed by atoms with Gasteiger partial charge in [0.2, 0.25) is 5.88 Å². The van der Waals surface area contributed by atoms with Crippen LogP contribution in [0, 0.1) is 0 Å². The fraction of sp³-hybridized carbons (Fsp3) is 0.455. The lowest BCUT2D eigenvalue weighted by atomic mass is 9.89. The van der Waals surface area contributed by atoms with Crippen LogP contribution in [-0.2, 0) is 10.3 Å². The molecule has 6 nitrogen and oxygen atoms in total. The first kappa shape index (κ1) is 11.5. The molecule has 0 amide bonds. The summed E-state index contributed by atoms with van der Waals surface area (Å²) in [5, 5.41) is 0. The first-order valence-electron chi connectivity index (χ1n) is 5.33. The Balaban J connectivity index is 2.51. The third kappa shape index (κ3) is 2.11. The van der Waals surface area contributed by atoms with E-state index >= 15 is 0 Å². The van der Waals surface area contributed by atoms with Gasteiger partial charge in [0.05, 0.1) is 31.1 Å². The number of pyridine rings is 1. The normalized spacial score (nSPS) is 23.8. The molecule has 0 aliphatic carbocycles. The quantitative estimate of drug-likeness (QED) is 0.784. The predicted octanol–water partition coefficient (Wildman–Crippen LogP) is 0.623. The highest BCUT2D eigenvalue weighted by Gasteiger charge is 2.33. The molecule has 0 aromatic carbocycles. The zero-order valence-corrected chi connectivity index (χ0v) is 9.93. The number of methoxy groups -OCH3 is 1. The lowest BCUT2D eigenvalue weighted by Gasteiger charge is -2.30. The zero-order chi connectivity index (χ0) is 12.5. The van der Waals surface area contributed by atoms with E-state index in [1.807, 2.05) is 13.0 Å². The zero-order valence-electron chi connectivity index (χ0n) is 9.93. The summed E-state index contributed by atoms with van der Waals surface area (Å²) in [6.07, 6.45) is 2.26. The number of amidine groups is 1. The molecule has 2 rings (SSSR count). The number of hydrogen-bond donors (Lipinski definition) is 2. The van der Waals surface area contributed by atoms with Gasteiger partial charge in [-0.3, -0.25) is 0 Å². The standard InChI is InChI=1S/C11H16N4O2/c1-11(3-4-17-10(13)15-11)8-5-7(12)6-14-9(8)16-2/h5-6H,3-4,12H2,1-2H3,(H2,13,15). The summed E-state index contributed by atoms with van der Waals surface area (Å²) in [6, 6.07) is 2.00. The third-order valence-corrected chi connectivity index (χ3v) is 2.84. The maximum atomic E-state index is 5.75. The van der Waals surface area contributed by atoms with Crippen molar-refractivity contribution in [1.82, 2.24) is 4.98 Å². The molecule has 1 aliphatic heterocycles. The van der Waals surface area contributed by atoms with Crippen LogP contribution in [0.2, 0.25) is 0 Å². The molecule has 1 atom stereocenters. The van der Waals surface area contributed by atoms with Crippen molar-refractivity contribution in [1.29, 1.82) is 0 Å². The first-order chi connectivity index (χ1) is 8.05. The lowest BCUT2D eigenvalue weighted by Crippen LogP contribution is -2.34. The second-order valence-corrected chi connectivity index (χ2v) is 4.15. The highest BCUT2D eigenvalue weighted by atomic mass is 16.5. The van der Waals surface area contributed by atoms with Crippen LogP contribution in [0.15, 0.2) is 17.3 Å². The first-order valence-corrected chi connectivity index (χ1v) is 5.33. The molecular weight excluding hydrogens is 220 g/mol. The van der Waals surface area contributed by atoms with Crippen molar-refractivity contribution in [3.63, 3.8) is 0 Å². The molecule has 0 spiro atoms. The van der Waals surface area contributed by atoms with Crippen molar-refractivity contribution in [3.8, 4) is 5.88 Å². The van der Waals surface area contributed by atoms with E-state index in [2.05, 4.69) is 9.98 Å². The largest absolute Gasteiger partial charge is 0.481 e. The van der Waals surface area contributed by atoms with E-state index in [0.717, 1.165) is 5.56 Å². The van der Waals surface area contributed by atoms with E-state index in [9.17, 15) is 0 Å². The third-order valence-electron chi connectivity index (χ3n) is 2.84. The van der Waals surface area contributed by atoms with Crippen molar-refractivity contribution in [2.75, 3.05) is 19.5 Å². The Morgan fingerprint density at radius 2 is 2.24 bits per heavy atom. The van der Waals surface area contributed by atoms with Gasteiger partial charge in [0.1, 0.15) is 0 Å². The van der Waals surface area contributed by atoms with Crippen LogP contribution in [0.25, 0.3) is 0 Å². The summed E-state index contributed by atoms with van der Waals surface area (Å²) in [6.45, 7) is 2.48. The van der Waals surface area contributed by atoms with Crippen LogP contribution < -0.4 is 16.2 Å². The minimum atomic E-state index is -0.504. The summed E-state index contributed by atoms with van der Waals surface area (Å²) >= 11 is 0. The number of rotatable bonds is 2. The van der Waals surface area contributed by atoms with Gasteiger partial charge in [-0.2, -0.15) is 0 Å². The fourth-order valence-electron chi connectivity index (χ4n) is 1.90. The van der Waals surface area contributed by atoms with Crippen LogP contribution in [0.4, 0.5) is 5.69 Å². The highest BCUT2D eigenvalue weighted by molar-refractivity contribution is 5.73. The van der Waals surface area contributed by atoms with Gasteiger partial charge in [-0.25, -0.2) is 9.98 Å². The Morgan fingerprint density at radius 1 is 1.47 bits per heavy atom. The van der Waals surface area contributed by atoms with Gasteiger partial charge in [-0.1, -0.05) is 0 Å². The Kier molecular flexibility index (Phi) is 2.79. The van der Waals surface area contributed by atoms with E-state index in [1.54, 1.807) is 13.3 Å². The Morgan fingerprint density at radius 3 is 2.88 bits per heavy atom. The maximum Gasteiger partial charge on any atom is 0.282 e. The van der Waals surface area contributed by atoms with E-state index in [1.165, 1.54) is 0 Å². The molecule has 1 aliphatic rings. The van der Waals surface area contributed by atoms with Gasteiger partial charge in [-0.05, 0) is 13.0 Å². The summed E-state index contributed by atoms with van der Waals surface area (Å²) in [5.41, 5.74) is 12.3. The Bertz CT molecular complexity index is 461. The summed E-state index contributed by atoms with van der Waals surface area (Å²) < 4.78 is 10.4. The average Bonchev–Trinajstić information content (AvgIpc) is 2.28. The van der Waals surface area contributed by atoms with E-state index in [4.69, 9.17) is 20.9 Å². The SMILES string of the molecule is COc1ncc(N)cc1C1(C)CCOC(N)=N1. The summed E-state index contributed by atoms with van der Waals surface area (Å²) in [7, 11) is 1.57. The molecule has 0 bridgehead atoms. The molecule has 1 unspecified atom stereocenters. The Labute approximate surface area is 99.6 Å². The van der Waals surface area contributed by atoms with Crippen molar-refractivity contribution in [2.24, 2.45) is 10.7 Å². The van der Waals surface area contributed by atoms with Crippen LogP contribution in [0.5, 0.6) is 5.88 Å². The van der Waals surface area contributed by atoms with Gasteiger partial charge in [0.15, 0.2) is 0 Å². The molecule has 0 saturated heterocycles. The minimum Gasteiger partial charge on any atom is -0.481 e. The van der Waals surface area contributed by atoms with Gasteiger partial charge >= 0.3 is 0 Å². The van der Waals surface area contributed by atoms with Gasteiger partial charge in [0.25, 0.3) is 6.02 Å². The predicted molar refractivity (Wildman–Crippen MR) is 64.7 cm³/mol. The van der Waals surface area contributed by atoms with Gasteiger partial charge < -0.3 is 20.9 Å². The molecule has 6 heteroatoms. The molecule has 4 N–H and O–H groups in total. The molecule has 0 radical (unpaired) electrons. The maximum absolute atomic E-state index is 5.75. The number of hydrogen-bond acceptors (Lipinski definition) is 6. The van der Waals surface area contributed by atoms with Crippen molar-refractivity contribution in [2.45, 2.75) is 18.9 Å². The number of aliphatic imine (C=N–C) groups is 1. The smallest absolute Gasteiger partial charge is 0.282 e. The number of nitrogen functional groups attached to an aromatic ring is 1. The van der Waals surface area contributed by atoms with E-state index in [0.29, 0.717) is 24.6 Å². The molecule has 1 aromatic rings. The molecular formula is C11H16N4O2. The Hall–Kier alpha value is -1.98. The minimum absolute atomic E-state index is 0.184. The van der Waals surface area contributed by atoms with Crippen molar-refractivity contribution < 1.29 is 9.47 Å². The summed E-state index contributed by atoms with van der Waals surface area (Å²) in [5.74, 6) is 0.514. The lowest BCUT2D eigenvalue weighted by molar-refractivity contribution is 0.214. The molecule has 17 heavy (non-hydrogen) atoms. The van der Waals surface area contributed by atoms with Crippen molar-refractivity contribution >= 4 is 11.7 Å². The molecule has 0 fully saturated rings. The topological polar surface area (TPSA) is 95.8 Å². The number of anilines is 1. The summed E-state index contributed by atoms with van der Waals surface area (Å²) in [4.78, 5) is 8.47. The fourth-order valence-corrected chi connectivity index (χ4v) is 1.90. The van der Waals surface area contributed by atoms with Crippen LogP contribution >= 0.6 is 0 Å². The second kappa shape index (κ2) is 4.12. The number of nitrogens with zero attached hydrogens (tertiary/aromatic N) is 2. The van der Waals surface area contributed by atoms with Crippen LogP contribution in [0.3, 0.4) is 0 Å². The monoisotopic (exact) mass is 236 g/mol. The molecule has 0 saturated carbocycles.